The molecule has 13 rings (SSSR count). The molecule has 14 heteroatoms. The average Bonchev–Trinajstić information content (AvgIpc) is 3.91. The van der Waals surface area contributed by atoms with Gasteiger partial charge in [0.25, 0.3) is 11.1 Å². The van der Waals surface area contributed by atoms with Crippen LogP contribution < -0.4 is 11.1 Å². The lowest BCUT2D eigenvalue weighted by Gasteiger charge is -2.23. The third-order valence-corrected chi connectivity index (χ3v) is 12.5. The van der Waals surface area contributed by atoms with E-state index < -0.39 is 79.7 Å². The van der Waals surface area contributed by atoms with Crippen molar-refractivity contribution >= 4 is 98.0 Å². The second kappa shape index (κ2) is 11.4. The largest absolute Gasteiger partial charge is 0.336 e. The number of hydrogen-bond donors (Lipinski definition) is 2. The minimum absolute atomic E-state index is 0.0516. The highest BCUT2D eigenvalue weighted by molar-refractivity contribution is 6.44. The summed E-state index contributed by atoms with van der Waals surface area (Å²) in [5, 5.41) is 4.85. The molecule has 0 aliphatic heterocycles. The number of aromatic nitrogens is 4. The lowest BCUT2D eigenvalue weighted by atomic mass is 9.81. The number of hydrogen-bond acceptors (Lipinski definition) is 2. The quantitative estimate of drug-likeness (QED) is 0.0598. The lowest BCUT2D eigenvalue weighted by molar-refractivity contribution is 0.416. The Kier molecular flexibility index (Phi) is 6.42. The summed E-state index contributed by atoms with van der Waals surface area (Å²) in [5.41, 5.74) is -2.57. The summed E-state index contributed by atoms with van der Waals surface area (Å²) in [6.07, 6.45) is 0. The number of nitrogens with zero attached hydrogens (tertiary/aromatic N) is 2. The van der Waals surface area contributed by atoms with Crippen molar-refractivity contribution in [1.82, 2.24) is 18.8 Å². The maximum absolute atomic E-state index is 15.6. The van der Waals surface area contributed by atoms with Crippen LogP contribution in [0.3, 0.4) is 0 Å². The second-order valence-corrected chi connectivity index (χ2v) is 15.4. The van der Waals surface area contributed by atoms with E-state index >= 15 is 17.6 Å². The normalized spacial score (nSPS) is 12.6. The highest BCUT2D eigenvalue weighted by Crippen LogP contribution is 2.52. The molecule has 0 fully saturated rings. The van der Waals surface area contributed by atoms with Crippen LogP contribution in [0, 0.1) is 46.5 Å². The SMILES string of the molecule is O=c1c2ccc3c4c(-c5ccccc5)cc5c6c(ccc(c7c(-c8ccccc8)cc(c2c37)c2[nH]c3c(F)c(F)c(F)c(F)c3n12)c46)c(=O)n1c5[nH]c2c(F)c(F)c(F)c(F)c21. The number of benzene rings is 9. The Morgan fingerprint density at radius 1 is 0.355 bits per heavy atom. The van der Waals surface area contributed by atoms with Crippen LogP contribution in [0.5, 0.6) is 0 Å². The number of imidazole rings is 2. The van der Waals surface area contributed by atoms with Crippen molar-refractivity contribution in [3.8, 4) is 22.3 Å². The van der Waals surface area contributed by atoms with E-state index in [1.165, 1.54) is 12.1 Å². The number of rotatable bonds is 2. The van der Waals surface area contributed by atoms with Crippen molar-refractivity contribution in [2.75, 3.05) is 0 Å². The lowest BCUT2D eigenvalue weighted by Crippen LogP contribution is -2.15. The highest BCUT2D eigenvalue weighted by atomic mass is 19.2. The van der Waals surface area contributed by atoms with Crippen LogP contribution in [0.15, 0.2) is 107 Å². The van der Waals surface area contributed by atoms with Crippen LogP contribution >= 0.6 is 0 Å². The van der Waals surface area contributed by atoms with Gasteiger partial charge in [-0.05, 0) is 78.8 Å². The number of nitrogens with one attached hydrogen (secondary N) is 2. The number of H-pyrrole nitrogens is 2. The van der Waals surface area contributed by atoms with Crippen LogP contribution in [-0.2, 0) is 0 Å². The minimum atomic E-state index is -2.07. The van der Waals surface area contributed by atoms with Gasteiger partial charge < -0.3 is 9.97 Å². The van der Waals surface area contributed by atoms with Crippen molar-refractivity contribution < 1.29 is 35.1 Å². The molecule has 6 nitrogen and oxygen atoms in total. The number of halogens is 8. The summed E-state index contributed by atoms with van der Waals surface area (Å²) in [6, 6.07) is 28.0. The highest BCUT2D eigenvalue weighted by Gasteiger charge is 2.31. The molecule has 0 aliphatic carbocycles. The van der Waals surface area contributed by atoms with Crippen LogP contribution in [-0.4, -0.2) is 18.8 Å². The topological polar surface area (TPSA) is 74.5 Å². The molecular weight excluding hydrogens is 817 g/mol. The summed E-state index contributed by atoms with van der Waals surface area (Å²) >= 11 is 0. The van der Waals surface area contributed by atoms with Gasteiger partial charge >= 0.3 is 0 Å². The van der Waals surface area contributed by atoms with Gasteiger partial charge in [0.05, 0.1) is 0 Å². The molecule has 298 valence electrons. The Morgan fingerprint density at radius 2 is 0.710 bits per heavy atom. The zero-order valence-electron chi connectivity index (χ0n) is 31.0. The van der Waals surface area contributed by atoms with Gasteiger partial charge in [0.15, 0.2) is 46.5 Å². The van der Waals surface area contributed by atoms with E-state index in [-0.39, 0.29) is 22.1 Å². The van der Waals surface area contributed by atoms with Gasteiger partial charge in [-0.3, -0.25) is 18.4 Å². The zero-order chi connectivity index (χ0) is 42.4. The Balaban J connectivity index is 1.34. The predicted octanol–water partition coefficient (Wildman–Crippen LogP) is 12.1. The molecule has 13 aromatic rings. The Morgan fingerprint density at radius 3 is 1.10 bits per heavy atom. The number of aromatic amines is 2. The average molecular weight is 835 g/mol. The van der Waals surface area contributed by atoms with E-state index in [0.717, 1.165) is 8.80 Å². The van der Waals surface area contributed by atoms with Crippen LogP contribution in [0.1, 0.15) is 0 Å². The summed E-state index contributed by atoms with van der Waals surface area (Å²) < 4.78 is 123. The number of fused-ring (bicyclic) bond motifs is 10. The van der Waals surface area contributed by atoms with Crippen molar-refractivity contribution in [2.45, 2.75) is 0 Å². The van der Waals surface area contributed by atoms with Crippen LogP contribution in [0.2, 0.25) is 0 Å². The van der Waals surface area contributed by atoms with Gasteiger partial charge in [0.1, 0.15) is 33.4 Å². The first-order chi connectivity index (χ1) is 30.0. The fraction of sp³-hybridized carbons (Fsp3) is 0. The standard InChI is InChI=1S/C48H18F8N4O2/c49-33-35(51)39(55)43-41(37(33)53)57-45-25-15-23(17-7-3-1-4-8-17)27-19-11-13-22-30-26(46-58-42-38(54)34(50)36(52)40(56)44(42)60(46)48(22)62)16-24(18-9-5-2-6-10-18)28(32(19)30)20-12-14-21(29(25)31(20)27)47(61)59(43)45/h1-16,57-58H. The fourth-order valence-corrected chi connectivity index (χ4v) is 10.0. The molecule has 0 amide bonds. The van der Waals surface area contributed by atoms with Gasteiger partial charge in [0, 0.05) is 32.3 Å². The fourth-order valence-electron chi connectivity index (χ4n) is 10.0. The molecule has 62 heavy (non-hydrogen) atoms. The monoisotopic (exact) mass is 834 g/mol. The maximum Gasteiger partial charge on any atom is 0.264 e. The van der Waals surface area contributed by atoms with Crippen molar-refractivity contribution in [2.24, 2.45) is 0 Å². The molecule has 0 atom stereocenters. The smallest absolute Gasteiger partial charge is 0.264 e. The Hall–Kier alpha value is -8.00. The molecule has 4 aromatic heterocycles. The number of pyridine rings is 2. The molecule has 0 aliphatic rings. The minimum Gasteiger partial charge on any atom is -0.336 e. The van der Waals surface area contributed by atoms with Gasteiger partial charge in [-0.15, -0.1) is 0 Å². The molecule has 0 radical (unpaired) electrons. The second-order valence-electron chi connectivity index (χ2n) is 15.4. The molecule has 2 N–H and O–H groups in total. The maximum atomic E-state index is 15.6. The zero-order valence-corrected chi connectivity index (χ0v) is 31.0. The van der Waals surface area contributed by atoms with E-state index in [1.54, 1.807) is 60.7 Å². The van der Waals surface area contributed by atoms with E-state index in [0.29, 0.717) is 76.1 Å². The molecule has 0 bridgehead atoms. The van der Waals surface area contributed by atoms with Crippen LogP contribution in [0.25, 0.3) is 120 Å². The third-order valence-electron chi connectivity index (χ3n) is 12.5. The van der Waals surface area contributed by atoms with Gasteiger partial charge in [-0.25, -0.2) is 35.1 Å². The molecule has 0 saturated heterocycles. The van der Waals surface area contributed by atoms with Crippen molar-refractivity contribution in [3.63, 3.8) is 0 Å². The summed E-state index contributed by atoms with van der Waals surface area (Å²) in [4.78, 5) is 34.6. The first-order valence-electron chi connectivity index (χ1n) is 19.1. The molecule has 9 aromatic carbocycles. The van der Waals surface area contributed by atoms with Gasteiger partial charge in [0.2, 0.25) is 0 Å². The third kappa shape index (κ3) is 3.91. The van der Waals surface area contributed by atoms with Crippen LogP contribution in [0.4, 0.5) is 35.1 Å². The van der Waals surface area contributed by atoms with Crippen molar-refractivity contribution in [1.29, 1.82) is 0 Å². The molecule has 0 unspecified atom stereocenters. The Labute approximate surface area is 337 Å². The summed E-state index contributed by atoms with van der Waals surface area (Å²) in [7, 11) is 0. The molecule has 0 spiro atoms. The first kappa shape index (κ1) is 34.8. The van der Waals surface area contributed by atoms with E-state index in [2.05, 4.69) is 9.97 Å². The van der Waals surface area contributed by atoms with Gasteiger partial charge in [-0.1, -0.05) is 72.8 Å². The van der Waals surface area contributed by atoms with E-state index in [1.807, 2.05) is 24.3 Å². The summed E-state index contributed by atoms with van der Waals surface area (Å²) in [6.45, 7) is 0. The van der Waals surface area contributed by atoms with Gasteiger partial charge in [-0.2, -0.15) is 0 Å². The van der Waals surface area contributed by atoms with E-state index in [9.17, 15) is 27.2 Å². The molecular formula is C48H18F8N4O2. The van der Waals surface area contributed by atoms with Crippen molar-refractivity contribution in [3.05, 3.63) is 164 Å². The van der Waals surface area contributed by atoms with E-state index in [4.69, 9.17) is 0 Å². The Bertz CT molecular complexity index is 4070. The first-order valence-corrected chi connectivity index (χ1v) is 19.1. The molecule has 0 saturated carbocycles. The predicted molar refractivity (Wildman–Crippen MR) is 223 cm³/mol. The summed E-state index contributed by atoms with van der Waals surface area (Å²) in [5.74, 6) is -15.1. The molecule has 4 heterocycles.